The fourth-order valence-electron chi connectivity index (χ4n) is 1.27. The van der Waals surface area contributed by atoms with Crippen molar-refractivity contribution in [1.29, 1.82) is 0 Å². The highest BCUT2D eigenvalue weighted by Crippen LogP contribution is 2.29. The Kier molecular flexibility index (Phi) is 2.18. The number of anilines is 1. The van der Waals surface area contributed by atoms with E-state index in [1.54, 1.807) is 11.3 Å². The number of hydrogen-bond donors (Lipinski definition) is 3. The normalized spacial score (nSPS) is 11.0. The number of nitrogens with two attached hydrogens (primary N) is 2. The van der Waals surface area contributed by atoms with Crippen LogP contribution in [0.3, 0.4) is 0 Å². The summed E-state index contributed by atoms with van der Waals surface area (Å²) in [5, 5.41) is 6.19. The quantitative estimate of drug-likeness (QED) is 0.633. The first-order chi connectivity index (χ1) is 6.27. The largest absolute Gasteiger partial charge is 0.357 e. The molecule has 0 amide bonds. The van der Waals surface area contributed by atoms with Crippen molar-refractivity contribution in [3.63, 3.8) is 0 Å². The van der Waals surface area contributed by atoms with E-state index in [2.05, 4.69) is 17.4 Å². The lowest BCUT2D eigenvalue weighted by molar-refractivity contribution is 0.810. The van der Waals surface area contributed by atoms with Crippen molar-refractivity contribution < 1.29 is 0 Å². The monoisotopic (exact) mass is 193 g/mol. The number of hydrogen-bond acceptors (Lipinski definition) is 4. The number of fused-ring (bicyclic) bond motifs is 1. The highest BCUT2D eigenvalue weighted by Gasteiger charge is 2.03. The molecule has 3 nitrogen and oxygen atoms in total. The van der Waals surface area contributed by atoms with Crippen molar-refractivity contribution in [2.45, 2.75) is 6.29 Å². The molecule has 0 saturated carbocycles. The lowest BCUT2D eigenvalue weighted by Gasteiger charge is -2.07. The van der Waals surface area contributed by atoms with Crippen molar-refractivity contribution in [2.75, 3.05) is 5.32 Å². The predicted octanol–water partition coefficient (Wildman–Crippen LogP) is 1.51. The minimum absolute atomic E-state index is 0.502. The van der Waals surface area contributed by atoms with E-state index in [9.17, 15) is 0 Å². The zero-order chi connectivity index (χ0) is 9.26. The van der Waals surface area contributed by atoms with Crippen molar-refractivity contribution in [2.24, 2.45) is 11.5 Å². The summed E-state index contributed by atoms with van der Waals surface area (Å²) >= 11 is 1.68. The molecule has 1 heterocycles. The first-order valence-electron chi connectivity index (χ1n) is 4.01. The second-order valence-corrected chi connectivity index (χ2v) is 3.73. The molecule has 2 rings (SSSR count). The Morgan fingerprint density at radius 1 is 1.23 bits per heavy atom. The van der Waals surface area contributed by atoms with E-state index in [4.69, 9.17) is 11.5 Å². The van der Waals surface area contributed by atoms with E-state index in [-0.39, 0.29) is 0 Å². The van der Waals surface area contributed by atoms with E-state index in [0.717, 1.165) is 5.69 Å². The zero-order valence-corrected chi connectivity index (χ0v) is 7.84. The first-order valence-corrected chi connectivity index (χ1v) is 4.89. The van der Waals surface area contributed by atoms with Crippen LogP contribution in [0.1, 0.15) is 0 Å². The van der Waals surface area contributed by atoms with Crippen molar-refractivity contribution in [1.82, 2.24) is 0 Å². The summed E-state index contributed by atoms with van der Waals surface area (Å²) in [6.07, 6.45) is -0.502. The molecule has 0 atom stereocenters. The molecule has 0 aliphatic rings. The van der Waals surface area contributed by atoms with Crippen LogP contribution in [0.25, 0.3) is 10.1 Å². The number of nitrogens with one attached hydrogen (secondary N) is 1. The lowest BCUT2D eigenvalue weighted by Crippen LogP contribution is -2.38. The maximum Gasteiger partial charge on any atom is 0.127 e. The van der Waals surface area contributed by atoms with Gasteiger partial charge in [-0.25, -0.2) is 0 Å². The third-order valence-corrected chi connectivity index (χ3v) is 2.77. The summed E-state index contributed by atoms with van der Waals surface area (Å²) in [6.45, 7) is 0. The zero-order valence-electron chi connectivity index (χ0n) is 7.03. The van der Waals surface area contributed by atoms with Crippen LogP contribution in [0.4, 0.5) is 5.69 Å². The highest BCUT2D eigenvalue weighted by molar-refractivity contribution is 7.17. The van der Waals surface area contributed by atoms with Gasteiger partial charge >= 0.3 is 0 Å². The van der Waals surface area contributed by atoms with E-state index in [1.165, 1.54) is 10.1 Å². The molecular weight excluding hydrogens is 182 g/mol. The Hall–Kier alpha value is -1.10. The van der Waals surface area contributed by atoms with Crippen LogP contribution in [-0.2, 0) is 0 Å². The standard InChI is InChI=1S/C9H11N3S/c10-9(11)12-7-5-13-8-4-2-1-3-6(7)8/h1-5,9,12H,10-11H2. The lowest BCUT2D eigenvalue weighted by atomic mass is 10.2. The molecule has 0 unspecified atom stereocenters. The van der Waals surface area contributed by atoms with Crippen LogP contribution >= 0.6 is 11.3 Å². The Labute approximate surface area is 80.3 Å². The number of rotatable bonds is 2. The van der Waals surface area contributed by atoms with Gasteiger partial charge in [0.05, 0.1) is 5.69 Å². The SMILES string of the molecule is NC(N)Nc1csc2ccccc12. The van der Waals surface area contributed by atoms with Gasteiger partial charge in [-0.15, -0.1) is 11.3 Å². The minimum atomic E-state index is -0.502. The van der Waals surface area contributed by atoms with Crippen LogP contribution in [0.15, 0.2) is 29.6 Å². The fourth-order valence-corrected chi connectivity index (χ4v) is 2.17. The maximum atomic E-state index is 5.45. The van der Waals surface area contributed by atoms with Crippen molar-refractivity contribution in [3.05, 3.63) is 29.6 Å². The van der Waals surface area contributed by atoms with E-state index in [0.29, 0.717) is 0 Å². The Bertz CT molecular complexity index is 408. The second kappa shape index (κ2) is 3.33. The highest BCUT2D eigenvalue weighted by atomic mass is 32.1. The topological polar surface area (TPSA) is 64.1 Å². The summed E-state index contributed by atoms with van der Waals surface area (Å²) in [5.41, 5.74) is 11.9. The second-order valence-electron chi connectivity index (χ2n) is 2.82. The molecule has 4 heteroatoms. The van der Waals surface area contributed by atoms with Crippen LogP contribution in [0, 0.1) is 0 Å². The summed E-state index contributed by atoms with van der Waals surface area (Å²) in [6, 6.07) is 8.15. The third-order valence-electron chi connectivity index (χ3n) is 1.80. The maximum absolute atomic E-state index is 5.45. The summed E-state index contributed by atoms with van der Waals surface area (Å²) in [4.78, 5) is 0. The molecule has 0 radical (unpaired) electrons. The van der Waals surface area contributed by atoms with E-state index < -0.39 is 6.29 Å². The molecule has 68 valence electrons. The molecule has 0 aliphatic heterocycles. The van der Waals surface area contributed by atoms with Gasteiger partial charge in [-0.05, 0) is 6.07 Å². The Morgan fingerprint density at radius 2 is 2.00 bits per heavy atom. The fraction of sp³-hybridized carbons (Fsp3) is 0.111. The molecule has 0 bridgehead atoms. The van der Waals surface area contributed by atoms with Gasteiger partial charge in [-0.2, -0.15) is 0 Å². The molecular formula is C9H11N3S. The van der Waals surface area contributed by atoms with Gasteiger partial charge < -0.3 is 5.32 Å². The molecule has 1 aromatic heterocycles. The van der Waals surface area contributed by atoms with Gasteiger partial charge in [-0.1, -0.05) is 18.2 Å². The van der Waals surface area contributed by atoms with Gasteiger partial charge in [0.25, 0.3) is 0 Å². The molecule has 0 spiro atoms. The van der Waals surface area contributed by atoms with Gasteiger partial charge in [0, 0.05) is 15.5 Å². The predicted molar refractivity (Wildman–Crippen MR) is 57.6 cm³/mol. The van der Waals surface area contributed by atoms with Crippen LogP contribution < -0.4 is 16.8 Å². The minimum Gasteiger partial charge on any atom is -0.357 e. The summed E-state index contributed by atoms with van der Waals surface area (Å²) in [5.74, 6) is 0. The molecule has 13 heavy (non-hydrogen) atoms. The molecule has 1 aromatic carbocycles. The molecule has 0 saturated heterocycles. The molecule has 5 N–H and O–H groups in total. The average Bonchev–Trinajstić information content (AvgIpc) is 2.48. The smallest absolute Gasteiger partial charge is 0.127 e. The first kappa shape index (κ1) is 8.50. The average molecular weight is 193 g/mol. The Morgan fingerprint density at radius 3 is 2.77 bits per heavy atom. The van der Waals surface area contributed by atoms with Crippen LogP contribution in [-0.4, -0.2) is 6.29 Å². The third kappa shape index (κ3) is 1.65. The summed E-state index contributed by atoms with van der Waals surface area (Å²) < 4.78 is 1.24. The Balaban J connectivity index is 2.46. The molecule has 0 aliphatic carbocycles. The molecule has 0 fully saturated rings. The van der Waals surface area contributed by atoms with Crippen LogP contribution in [0.5, 0.6) is 0 Å². The van der Waals surface area contributed by atoms with Gasteiger partial charge in [0.15, 0.2) is 0 Å². The molecule has 2 aromatic rings. The van der Waals surface area contributed by atoms with E-state index >= 15 is 0 Å². The summed E-state index contributed by atoms with van der Waals surface area (Å²) in [7, 11) is 0. The van der Waals surface area contributed by atoms with Gasteiger partial charge in [0.1, 0.15) is 6.29 Å². The number of thiophene rings is 1. The van der Waals surface area contributed by atoms with Gasteiger partial charge in [0.2, 0.25) is 0 Å². The van der Waals surface area contributed by atoms with E-state index in [1.807, 2.05) is 17.5 Å². The van der Waals surface area contributed by atoms with Gasteiger partial charge in [-0.3, -0.25) is 11.5 Å². The van der Waals surface area contributed by atoms with Crippen LogP contribution in [0.2, 0.25) is 0 Å². The number of benzene rings is 1. The van der Waals surface area contributed by atoms with Crippen molar-refractivity contribution in [3.8, 4) is 0 Å². The van der Waals surface area contributed by atoms with Crippen molar-refractivity contribution >= 4 is 27.1 Å².